The Balaban J connectivity index is 2.02. The summed E-state index contributed by atoms with van der Waals surface area (Å²) in [6, 6.07) is 11.3. The minimum atomic E-state index is 0.615. The first-order chi connectivity index (χ1) is 10.2. The Hall–Kier alpha value is -2.61. The number of aromatic nitrogens is 2. The molecule has 2 N–H and O–H groups in total. The summed E-state index contributed by atoms with van der Waals surface area (Å²) in [6.45, 7) is 5.27. The molecule has 2 rings (SSSR count). The Morgan fingerprint density at radius 1 is 1.19 bits per heavy atom. The Kier molecular flexibility index (Phi) is 5.10. The van der Waals surface area contributed by atoms with Gasteiger partial charge >= 0.3 is 0 Å². The van der Waals surface area contributed by atoms with Gasteiger partial charge in [0.2, 0.25) is 0 Å². The second-order valence-corrected chi connectivity index (χ2v) is 5.22. The monoisotopic (exact) mass is 281 g/mol. The highest BCUT2D eigenvalue weighted by atomic mass is 15.1. The van der Waals surface area contributed by atoms with Crippen LogP contribution in [-0.2, 0) is 0 Å². The normalized spacial score (nSPS) is 10.2. The predicted octanol–water partition coefficient (Wildman–Crippen LogP) is 3.55. The van der Waals surface area contributed by atoms with Crippen molar-refractivity contribution in [2.24, 2.45) is 5.92 Å². The molecule has 0 spiro atoms. The molecule has 0 aliphatic rings. The molecule has 1 aromatic heterocycles. The van der Waals surface area contributed by atoms with Crippen LogP contribution in [0.2, 0.25) is 0 Å². The first-order valence-electron chi connectivity index (χ1n) is 7.00. The summed E-state index contributed by atoms with van der Waals surface area (Å²) in [5.74, 6) is 2.15. The van der Waals surface area contributed by atoms with Crippen LogP contribution < -0.4 is 10.6 Å². The zero-order valence-corrected chi connectivity index (χ0v) is 12.3. The zero-order chi connectivity index (χ0) is 15.1. The number of benzene rings is 1. The van der Waals surface area contributed by atoms with Crippen LogP contribution in [0.4, 0.5) is 17.3 Å². The van der Waals surface area contributed by atoms with Crippen molar-refractivity contribution in [1.82, 2.24) is 9.97 Å². The van der Waals surface area contributed by atoms with Crippen LogP contribution in [0.15, 0.2) is 36.7 Å². The second-order valence-electron chi connectivity index (χ2n) is 5.22. The molecule has 0 fully saturated rings. The van der Waals surface area contributed by atoms with E-state index in [1.807, 2.05) is 18.2 Å². The topological polar surface area (TPSA) is 73.6 Å². The molecule has 1 heterocycles. The van der Waals surface area contributed by atoms with Crippen molar-refractivity contribution >= 4 is 17.3 Å². The highest BCUT2D eigenvalue weighted by molar-refractivity contribution is 5.60. The van der Waals surface area contributed by atoms with Gasteiger partial charge in [0.05, 0.1) is 11.6 Å². The van der Waals surface area contributed by atoms with Gasteiger partial charge in [-0.3, -0.25) is 0 Å². The lowest BCUT2D eigenvalue weighted by Gasteiger charge is -2.09. The predicted molar refractivity (Wildman–Crippen MR) is 84.4 cm³/mol. The van der Waals surface area contributed by atoms with E-state index in [2.05, 4.69) is 40.5 Å². The Labute approximate surface area is 125 Å². The average molecular weight is 281 g/mol. The molecule has 0 aliphatic heterocycles. The highest BCUT2D eigenvalue weighted by Gasteiger charge is 2.01. The number of hydrogen-bond donors (Lipinski definition) is 2. The number of nitrogens with zero attached hydrogens (tertiary/aromatic N) is 3. The minimum absolute atomic E-state index is 0.615. The van der Waals surface area contributed by atoms with Gasteiger partial charge < -0.3 is 10.6 Å². The van der Waals surface area contributed by atoms with Gasteiger partial charge in [0.1, 0.15) is 18.0 Å². The van der Waals surface area contributed by atoms with Gasteiger partial charge in [0, 0.05) is 18.3 Å². The molecule has 0 unspecified atom stereocenters. The Morgan fingerprint density at radius 2 is 2.00 bits per heavy atom. The molecule has 2 aromatic rings. The summed E-state index contributed by atoms with van der Waals surface area (Å²) in [4.78, 5) is 8.39. The molecule has 0 bridgehead atoms. The van der Waals surface area contributed by atoms with E-state index >= 15 is 0 Å². The molecule has 21 heavy (non-hydrogen) atoms. The maximum atomic E-state index is 8.90. The van der Waals surface area contributed by atoms with Crippen LogP contribution in [0.25, 0.3) is 0 Å². The van der Waals surface area contributed by atoms with Gasteiger partial charge in [-0.2, -0.15) is 5.26 Å². The Morgan fingerprint density at radius 3 is 2.76 bits per heavy atom. The van der Waals surface area contributed by atoms with E-state index in [4.69, 9.17) is 5.26 Å². The van der Waals surface area contributed by atoms with Crippen LogP contribution in [-0.4, -0.2) is 16.5 Å². The third-order valence-electron chi connectivity index (χ3n) is 2.96. The number of nitriles is 1. The Bertz CT molecular complexity index is 631. The van der Waals surface area contributed by atoms with Crippen LogP contribution in [0, 0.1) is 17.2 Å². The lowest BCUT2D eigenvalue weighted by Crippen LogP contribution is -2.07. The second kappa shape index (κ2) is 7.25. The lowest BCUT2D eigenvalue weighted by molar-refractivity contribution is 0.606. The van der Waals surface area contributed by atoms with Crippen LogP contribution in [0.1, 0.15) is 25.8 Å². The van der Waals surface area contributed by atoms with Crippen molar-refractivity contribution in [1.29, 1.82) is 5.26 Å². The van der Waals surface area contributed by atoms with Gasteiger partial charge in [0.25, 0.3) is 0 Å². The van der Waals surface area contributed by atoms with Crippen LogP contribution >= 0.6 is 0 Å². The van der Waals surface area contributed by atoms with Gasteiger partial charge in [0.15, 0.2) is 0 Å². The van der Waals surface area contributed by atoms with Crippen LogP contribution in [0.3, 0.4) is 0 Å². The summed E-state index contributed by atoms with van der Waals surface area (Å²) in [5, 5.41) is 15.4. The van der Waals surface area contributed by atoms with E-state index in [1.54, 1.807) is 12.1 Å². The van der Waals surface area contributed by atoms with E-state index in [1.165, 1.54) is 6.33 Å². The highest BCUT2D eigenvalue weighted by Crippen LogP contribution is 2.17. The summed E-state index contributed by atoms with van der Waals surface area (Å²) >= 11 is 0. The maximum Gasteiger partial charge on any atom is 0.135 e. The summed E-state index contributed by atoms with van der Waals surface area (Å²) in [6.07, 6.45) is 2.62. The van der Waals surface area contributed by atoms with Crippen LogP contribution in [0.5, 0.6) is 0 Å². The number of anilines is 3. The number of hydrogen-bond acceptors (Lipinski definition) is 5. The van der Waals surface area contributed by atoms with Gasteiger partial charge in [-0.25, -0.2) is 9.97 Å². The van der Waals surface area contributed by atoms with Gasteiger partial charge in [-0.15, -0.1) is 0 Å². The van der Waals surface area contributed by atoms with Crippen molar-refractivity contribution < 1.29 is 0 Å². The molecule has 5 heteroatoms. The molecule has 0 aliphatic carbocycles. The lowest BCUT2D eigenvalue weighted by atomic mass is 10.1. The third kappa shape index (κ3) is 4.77. The van der Waals surface area contributed by atoms with E-state index in [0.717, 1.165) is 24.5 Å². The molecule has 1 aromatic carbocycles. The fourth-order valence-corrected chi connectivity index (χ4v) is 1.83. The largest absolute Gasteiger partial charge is 0.370 e. The SMILES string of the molecule is CC(C)CCNc1cc(Nc2cccc(C#N)c2)ncn1. The fraction of sp³-hybridized carbons (Fsp3) is 0.312. The van der Waals surface area contributed by atoms with E-state index < -0.39 is 0 Å². The summed E-state index contributed by atoms with van der Waals surface area (Å²) in [7, 11) is 0. The van der Waals surface area contributed by atoms with E-state index in [9.17, 15) is 0 Å². The first-order valence-corrected chi connectivity index (χ1v) is 7.00. The molecular formula is C16H19N5. The van der Waals surface area contributed by atoms with Crippen molar-refractivity contribution in [3.05, 3.63) is 42.2 Å². The van der Waals surface area contributed by atoms with Gasteiger partial charge in [-0.1, -0.05) is 19.9 Å². The molecule has 0 radical (unpaired) electrons. The van der Waals surface area contributed by atoms with Crippen molar-refractivity contribution in [3.8, 4) is 6.07 Å². The molecule has 0 saturated carbocycles. The summed E-state index contributed by atoms with van der Waals surface area (Å²) < 4.78 is 0. The van der Waals surface area contributed by atoms with Crippen molar-refractivity contribution in [2.45, 2.75) is 20.3 Å². The molecule has 0 amide bonds. The maximum absolute atomic E-state index is 8.90. The average Bonchev–Trinajstić information content (AvgIpc) is 2.47. The van der Waals surface area contributed by atoms with E-state index in [0.29, 0.717) is 17.3 Å². The first kappa shape index (κ1) is 14.8. The van der Waals surface area contributed by atoms with Gasteiger partial charge in [-0.05, 0) is 30.5 Å². The molecule has 0 saturated heterocycles. The molecule has 0 atom stereocenters. The van der Waals surface area contributed by atoms with E-state index in [-0.39, 0.29) is 0 Å². The fourth-order valence-electron chi connectivity index (χ4n) is 1.83. The molecule has 108 valence electrons. The number of nitrogens with one attached hydrogen (secondary N) is 2. The smallest absolute Gasteiger partial charge is 0.135 e. The molecule has 5 nitrogen and oxygen atoms in total. The van der Waals surface area contributed by atoms with Crippen molar-refractivity contribution in [3.63, 3.8) is 0 Å². The van der Waals surface area contributed by atoms with Crippen molar-refractivity contribution in [2.75, 3.05) is 17.2 Å². The quantitative estimate of drug-likeness (QED) is 0.847. The molecular weight excluding hydrogens is 262 g/mol. The zero-order valence-electron chi connectivity index (χ0n) is 12.3. The number of rotatable bonds is 6. The third-order valence-corrected chi connectivity index (χ3v) is 2.96. The minimum Gasteiger partial charge on any atom is -0.370 e. The standard InChI is InChI=1S/C16H19N5/c1-12(2)6-7-18-15-9-16(20-11-19-15)21-14-5-3-4-13(8-14)10-17/h3-5,8-9,11-12H,6-7H2,1-2H3,(H2,18,19,20,21). The summed E-state index contributed by atoms with van der Waals surface area (Å²) in [5.41, 5.74) is 1.45.